The molecule has 5 nitrogen and oxygen atoms in total. The number of hydrogen-bond acceptors (Lipinski definition) is 4. The summed E-state index contributed by atoms with van der Waals surface area (Å²) in [5, 5.41) is 4.41. The molecular weight excluding hydrogens is 384 g/mol. The molecule has 0 amide bonds. The van der Waals surface area contributed by atoms with Gasteiger partial charge in [0.15, 0.2) is 0 Å². The third kappa shape index (κ3) is 2.57. The molecular formula is C23H25ClN4O. The molecule has 1 saturated heterocycles. The van der Waals surface area contributed by atoms with Crippen LogP contribution < -0.4 is 15.8 Å². The van der Waals surface area contributed by atoms with Crippen LogP contribution in [0.3, 0.4) is 0 Å². The van der Waals surface area contributed by atoms with Gasteiger partial charge in [-0.2, -0.15) is 4.98 Å². The van der Waals surface area contributed by atoms with Gasteiger partial charge in [-0.25, -0.2) is 0 Å². The van der Waals surface area contributed by atoms with Gasteiger partial charge in [0, 0.05) is 30.9 Å². The van der Waals surface area contributed by atoms with Crippen molar-refractivity contribution in [3.63, 3.8) is 0 Å². The topological polar surface area (TPSA) is 50.2 Å². The van der Waals surface area contributed by atoms with Crippen molar-refractivity contribution in [2.75, 3.05) is 24.5 Å². The van der Waals surface area contributed by atoms with Crippen LogP contribution in [0.2, 0.25) is 5.02 Å². The van der Waals surface area contributed by atoms with E-state index in [0.29, 0.717) is 10.4 Å². The smallest absolute Gasteiger partial charge is 0.282 e. The molecule has 3 heterocycles. The van der Waals surface area contributed by atoms with Gasteiger partial charge in [-0.15, -0.1) is 0 Å². The van der Waals surface area contributed by atoms with Crippen LogP contribution >= 0.6 is 11.6 Å². The fourth-order valence-corrected chi connectivity index (χ4v) is 5.12. The summed E-state index contributed by atoms with van der Waals surface area (Å²) in [4.78, 5) is 19.7. The maximum Gasteiger partial charge on any atom is 0.282 e. The van der Waals surface area contributed by atoms with Crippen molar-refractivity contribution in [2.45, 2.75) is 38.6 Å². The van der Waals surface area contributed by atoms with Gasteiger partial charge in [0.2, 0.25) is 0 Å². The molecule has 6 heteroatoms. The summed E-state index contributed by atoms with van der Waals surface area (Å²) in [7, 11) is 0. The van der Waals surface area contributed by atoms with Crippen LogP contribution in [0.4, 0.5) is 5.69 Å². The highest BCUT2D eigenvalue weighted by atomic mass is 35.5. The lowest BCUT2D eigenvalue weighted by molar-refractivity contribution is 0.380. The highest BCUT2D eigenvalue weighted by Crippen LogP contribution is 2.44. The van der Waals surface area contributed by atoms with Gasteiger partial charge >= 0.3 is 0 Å². The molecule has 0 bridgehead atoms. The quantitative estimate of drug-likeness (QED) is 0.664. The van der Waals surface area contributed by atoms with E-state index in [9.17, 15) is 4.79 Å². The van der Waals surface area contributed by atoms with Crippen molar-refractivity contribution in [1.82, 2.24) is 14.9 Å². The Balaban J connectivity index is 1.80. The molecule has 0 spiro atoms. The minimum absolute atomic E-state index is 0.0244. The number of piperazine rings is 1. The normalized spacial score (nSPS) is 19.3. The van der Waals surface area contributed by atoms with Gasteiger partial charge in [-0.05, 0) is 57.5 Å². The Morgan fingerprint density at radius 1 is 1.14 bits per heavy atom. The van der Waals surface area contributed by atoms with E-state index in [0.717, 1.165) is 36.7 Å². The largest absolute Gasteiger partial charge is 0.364 e. The van der Waals surface area contributed by atoms with Crippen molar-refractivity contribution in [3.8, 4) is 5.69 Å². The zero-order valence-electron chi connectivity index (χ0n) is 17.2. The number of rotatable bonds is 1. The Morgan fingerprint density at radius 3 is 2.69 bits per heavy atom. The third-order valence-corrected chi connectivity index (χ3v) is 6.75. The summed E-state index contributed by atoms with van der Waals surface area (Å²) in [6, 6.07) is 12.2. The van der Waals surface area contributed by atoms with Crippen molar-refractivity contribution < 1.29 is 0 Å². The number of nitrogens with one attached hydrogen (secondary N) is 1. The molecule has 0 aliphatic carbocycles. The molecule has 2 aliphatic heterocycles. The average Bonchev–Trinajstić information content (AvgIpc) is 2.88. The monoisotopic (exact) mass is 408 g/mol. The van der Waals surface area contributed by atoms with E-state index in [-0.39, 0.29) is 16.5 Å². The third-order valence-electron chi connectivity index (χ3n) is 6.43. The first-order valence-corrected chi connectivity index (χ1v) is 10.4. The number of aromatic nitrogens is 2. The van der Waals surface area contributed by atoms with Gasteiger partial charge in [-0.1, -0.05) is 23.7 Å². The highest BCUT2D eigenvalue weighted by Gasteiger charge is 2.39. The van der Waals surface area contributed by atoms with Crippen LogP contribution in [0.25, 0.3) is 16.6 Å². The Labute approximate surface area is 175 Å². The molecule has 1 aromatic heterocycles. The fourth-order valence-electron chi connectivity index (χ4n) is 4.87. The molecule has 150 valence electrons. The number of nitrogens with zero attached hydrogens (tertiary/aromatic N) is 3. The molecule has 2 aliphatic rings. The molecule has 0 atom stereocenters. The summed E-state index contributed by atoms with van der Waals surface area (Å²) in [6.07, 6.45) is 0. The van der Waals surface area contributed by atoms with E-state index < -0.39 is 0 Å². The molecule has 2 aromatic carbocycles. The molecule has 5 rings (SSSR count). The maximum atomic E-state index is 12.8. The summed E-state index contributed by atoms with van der Waals surface area (Å²) < 4.78 is 2.12. The van der Waals surface area contributed by atoms with Crippen molar-refractivity contribution >= 4 is 28.2 Å². The van der Waals surface area contributed by atoms with Crippen LogP contribution in [-0.4, -0.2) is 34.7 Å². The maximum absolute atomic E-state index is 12.8. The molecule has 0 radical (unpaired) electrons. The lowest BCUT2D eigenvalue weighted by atomic mass is 9.85. The lowest BCUT2D eigenvalue weighted by Crippen LogP contribution is -2.58. The van der Waals surface area contributed by atoms with Gasteiger partial charge in [0.1, 0.15) is 5.82 Å². The molecule has 1 N–H and O–H groups in total. The first-order chi connectivity index (χ1) is 13.7. The van der Waals surface area contributed by atoms with Crippen molar-refractivity contribution in [1.29, 1.82) is 0 Å². The van der Waals surface area contributed by atoms with E-state index in [4.69, 9.17) is 11.6 Å². The number of halogens is 1. The molecule has 0 saturated carbocycles. The zero-order valence-corrected chi connectivity index (χ0v) is 18.0. The average molecular weight is 409 g/mol. The predicted molar refractivity (Wildman–Crippen MR) is 119 cm³/mol. The SMILES string of the molecule is CC1(C)c2ccc(N3CCNCC3(C)C)cc2-n2c1nc(=O)c1c(Cl)cccc12. The Kier molecular flexibility index (Phi) is 3.90. The molecule has 0 unspecified atom stereocenters. The van der Waals surface area contributed by atoms with Crippen molar-refractivity contribution in [3.05, 3.63) is 63.2 Å². The summed E-state index contributed by atoms with van der Waals surface area (Å²) in [5.74, 6) is 0.768. The lowest BCUT2D eigenvalue weighted by Gasteiger charge is -2.44. The van der Waals surface area contributed by atoms with Gasteiger partial charge in [0.05, 0.1) is 27.0 Å². The van der Waals surface area contributed by atoms with E-state index in [2.05, 4.69) is 65.7 Å². The van der Waals surface area contributed by atoms with E-state index in [1.54, 1.807) is 6.07 Å². The van der Waals surface area contributed by atoms with Gasteiger partial charge in [-0.3, -0.25) is 9.36 Å². The Morgan fingerprint density at radius 2 is 1.93 bits per heavy atom. The van der Waals surface area contributed by atoms with Gasteiger partial charge in [0.25, 0.3) is 5.56 Å². The summed E-state index contributed by atoms with van der Waals surface area (Å²) in [5.41, 5.74) is 3.66. The Hall–Kier alpha value is -2.37. The second-order valence-corrected chi connectivity index (χ2v) is 9.58. The number of anilines is 1. The van der Waals surface area contributed by atoms with Crippen LogP contribution in [-0.2, 0) is 5.41 Å². The van der Waals surface area contributed by atoms with Crippen LogP contribution in [0.5, 0.6) is 0 Å². The summed E-state index contributed by atoms with van der Waals surface area (Å²) in [6.45, 7) is 11.6. The van der Waals surface area contributed by atoms with Crippen molar-refractivity contribution in [2.24, 2.45) is 0 Å². The zero-order chi connectivity index (χ0) is 20.6. The molecule has 3 aromatic rings. The predicted octanol–water partition coefficient (Wildman–Crippen LogP) is 3.87. The number of fused-ring (bicyclic) bond motifs is 5. The van der Waals surface area contributed by atoms with Gasteiger partial charge < -0.3 is 10.2 Å². The van der Waals surface area contributed by atoms with Crippen LogP contribution in [0.1, 0.15) is 39.1 Å². The van der Waals surface area contributed by atoms with Crippen LogP contribution in [0, 0.1) is 0 Å². The highest BCUT2D eigenvalue weighted by molar-refractivity contribution is 6.35. The molecule has 29 heavy (non-hydrogen) atoms. The first kappa shape index (κ1) is 18.6. The van der Waals surface area contributed by atoms with E-state index >= 15 is 0 Å². The second-order valence-electron chi connectivity index (χ2n) is 9.18. The number of benzene rings is 2. The standard InChI is InChI=1S/C23H25ClN4O/c1-22(2)13-25-10-11-27(22)14-8-9-15-18(12-14)28-17-7-5-6-16(24)19(17)20(29)26-21(28)23(15,3)4/h5-9,12,25H,10-11,13H2,1-4H3. The number of hydrogen-bond donors (Lipinski definition) is 1. The van der Waals surface area contributed by atoms with E-state index in [1.165, 1.54) is 11.3 Å². The first-order valence-electron chi connectivity index (χ1n) is 10.1. The minimum Gasteiger partial charge on any atom is -0.364 e. The summed E-state index contributed by atoms with van der Waals surface area (Å²) >= 11 is 6.38. The van der Waals surface area contributed by atoms with Crippen LogP contribution in [0.15, 0.2) is 41.2 Å². The Bertz CT molecular complexity index is 1210. The second kappa shape index (κ2) is 6.07. The van der Waals surface area contributed by atoms with E-state index in [1.807, 2.05) is 12.1 Å². The minimum atomic E-state index is -0.359. The molecule has 1 fully saturated rings. The fraction of sp³-hybridized carbons (Fsp3) is 0.391.